The van der Waals surface area contributed by atoms with Crippen LogP contribution in [0.2, 0.25) is 5.02 Å². The summed E-state index contributed by atoms with van der Waals surface area (Å²) in [6.07, 6.45) is 2.15. The molecule has 28 heavy (non-hydrogen) atoms. The van der Waals surface area contributed by atoms with E-state index in [0.717, 1.165) is 12.8 Å². The van der Waals surface area contributed by atoms with Crippen LogP contribution in [0.25, 0.3) is 0 Å². The molecule has 2 aromatic carbocycles. The molecule has 1 saturated heterocycles. The first kappa shape index (κ1) is 20.8. The minimum absolute atomic E-state index is 0.0932. The third kappa shape index (κ3) is 5.13. The van der Waals surface area contributed by atoms with Crippen LogP contribution in [0.3, 0.4) is 0 Å². The van der Waals surface area contributed by atoms with Crippen LogP contribution in [0.15, 0.2) is 53.4 Å². The van der Waals surface area contributed by atoms with Gasteiger partial charge in [0.25, 0.3) is 0 Å². The molecule has 150 valence electrons. The lowest BCUT2D eigenvalue weighted by molar-refractivity contribution is -0.132. The van der Waals surface area contributed by atoms with Gasteiger partial charge >= 0.3 is 0 Å². The molecule has 1 fully saturated rings. The highest BCUT2D eigenvalue weighted by atomic mass is 35.5. The fraction of sp³-hybridized carbons (Fsp3) is 0.381. The van der Waals surface area contributed by atoms with Crippen LogP contribution in [0.1, 0.15) is 24.0 Å². The van der Waals surface area contributed by atoms with E-state index in [4.69, 9.17) is 11.6 Å². The van der Waals surface area contributed by atoms with E-state index in [-0.39, 0.29) is 10.8 Å². The van der Waals surface area contributed by atoms with Crippen LogP contribution >= 0.6 is 11.6 Å². The molecule has 7 heteroatoms. The fourth-order valence-corrected chi connectivity index (χ4v) is 4.84. The Balaban J connectivity index is 1.48. The molecule has 0 aromatic heterocycles. The Bertz CT molecular complexity index is 904. The normalized spacial score (nSPS) is 15.6. The zero-order valence-corrected chi connectivity index (χ0v) is 17.5. The van der Waals surface area contributed by atoms with Gasteiger partial charge in [-0.1, -0.05) is 41.4 Å². The Morgan fingerprint density at radius 1 is 0.964 bits per heavy atom. The van der Waals surface area contributed by atoms with Crippen LogP contribution < -0.4 is 0 Å². The first-order chi connectivity index (χ1) is 13.4. The van der Waals surface area contributed by atoms with Crippen molar-refractivity contribution in [2.75, 3.05) is 26.2 Å². The Labute approximate surface area is 172 Å². The minimum Gasteiger partial charge on any atom is -0.340 e. The minimum atomic E-state index is -3.55. The van der Waals surface area contributed by atoms with Crippen LogP contribution in [-0.4, -0.2) is 49.7 Å². The number of aryl methyl sites for hydroxylation is 2. The van der Waals surface area contributed by atoms with Gasteiger partial charge in [-0.05, 0) is 49.6 Å². The summed E-state index contributed by atoms with van der Waals surface area (Å²) in [6.45, 7) is 3.54. The molecule has 0 saturated carbocycles. The third-order valence-corrected chi connectivity index (χ3v) is 7.18. The molecule has 1 heterocycles. The zero-order valence-electron chi connectivity index (χ0n) is 16.0. The summed E-state index contributed by atoms with van der Waals surface area (Å²) in [5.41, 5.74) is 2.46. The highest BCUT2D eigenvalue weighted by Crippen LogP contribution is 2.20. The van der Waals surface area contributed by atoms with Crippen molar-refractivity contribution in [2.24, 2.45) is 0 Å². The maximum Gasteiger partial charge on any atom is 0.243 e. The van der Waals surface area contributed by atoms with Gasteiger partial charge in [0, 0.05) is 37.6 Å². The molecule has 0 spiro atoms. The van der Waals surface area contributed by atoms with Gasteiger partial charge in [0.15, 0.2) is 0 Å². The van der Waals surface area contributed by atoms with Crippen LogP contribution in [-0.2, 0) is 21.2 Å². The predicted octanol–water partition coefficient (Wildman–Crippen LogP) is 3.50. The van der Waals surface area contributed by atoms with E-state index in [9.17, 15) is 13.2 Å². The van der Waals surface area contributed by atoms with Gasteiger partial charge < -0.3 is 4.90 Å². The number of hydrogen-bond acceptors (Lipinski definition) is 3. The van der Waals surface area contributed by atoms with E-state index in [2.05, 4.69) is 31.2 Å². The van der Waals surface area contributed by atoms with E-state index < -0.39 is 10.0 Å². The summed E-state index contributed by atoms with van der Waals surface area (Å²) < 4.78 is 26.9. The van der Waals surface area contributed by atoms with Gasteiger partial charge in [-0.2, -0.15) is 4.31 Å². The van der Waals surface area contributed by atoms with Crippen LogP contribution in [0.4, 0.5) is 0 Å². The van der Waals surface area contributed by atoms with E-state index in [1.165, 1.54) is 27.6 Å². The lowest BCUT2D eigenvalue weighted by atomic mass is 10.1. The number of sulfonamides is 1. The lowest BCUT2D eigenvalue weighted by Crippen LogP contribution is -2.50. The number of piperazine rings is 1. The van der Waals surface area contributed by atoms with E-state index >= 15 is 0 Å². The van der Waals surface area contributed by atoms with Crippen molar-refractivity contribution in [1.29, 1.82) is 0 Å². The third-order valence-electron chi connectivity index (χ3n) is 5.02. The molecule has 5 nitrogen and oxygen atoms in total. The molecule has 1 aliphatic heterocycles. The number of rotatable bonds is 6. The molecule has 1 aliphatic rings. The van der Waals surface area contributed by atoms with Crippen LogP contribution in [0, 0.1) is 6.92 Å². The summed E-state index contributed by atoms with van der Waals surface area (Å²) in [7, 11) is -3.55. The molecule has 2 aromatic rings. The number of carbonyl (C=O) groups excluding carboxylic acids is 1. The summed E-state index contributed by atoms with van der Waals surface area (Å²) in [6, 6.07) is 14.5. The van der Waals surface area contributed by atoms with E-state index in [0.29, 0.717) is 37.6 Å². The van der Waals surface area contributed by atoms with Crippen molar-refractivity contribution in [2.45, 2.75) is 31.1 Å². The first-order valence-corrected chi connectivity index (χ1v) is 11.3. The number of hydrogen-bond donors (Lipinski definition) is 0. The Kier molecular flexibility index (Phi) is 6.75. The van der Waals surface area contributed by atoms with Crippen LogP contribution in [0.5, 0.6) is 0 Å². The molecule has 0 radical (unpaired) electrons. The highest BCUT2D eigenvalue weighted by Gasteiger charge is 2.29. The summed E-state index contributed by atoms with van der Waals surface area (Å²) >= 11 is 5.84. The monoisotopic (exact) mass is 420 g/mol. The Hall–Kier alpha value is -1.89. The summed E-state index contributed by atoms with van der Waals surface area (Å²) in [4.78, 5) is 14.4. The molecule has 0 bridgehead atoms. The van der Waals surface area contributed by atoms with Crippen molar-refractivity contribution >= 4 is 27.5 Å². The van der Waals surface area contributed by atoms with Crippen molar-refractivity contribution in [3.63, 3.8) is 0 Å². The smallest absolute Gasteiger partial charge is 0.243 e. The van der Waals surface area contributed by atoms with Gasteiger partial charge in [-0.3, -0.25) is 4.79 Å². The van der Waals surface area contributed by atoms with E-state index in [1.807, 2.05) is 0 Å². The van der Waals surface area contributed by atoms with Gasteiger partial charge in [-0.25, -0.2) is 8.42 Å². The molecular weight excluding hydrogens is 396 g/mol. The molecular formula is C21H25ClN2O3S. The summed E-state index contributed by atoms with van der Waals surface area (Å²) in [5.74, 6) is 0.0932. The molecule has 3 rings (SSSR count). The average molecular weight is 421 g/mol. The maximum absolute atomic E-state index is 12.7. The van der Waals surface area contributed by atoms with Crippen molar-refractivity contribution in [3.05, 3.63) is 64.7 Å². The topological polar surface area (TPSA) is 57.7 Å². The van der Waals surface area contributed by atoms with Gasteiger partial charge in [0.05, 0.1) is 4.90 Å². The van der Waals surface area contributed by atoms with Gasteiger partial charge in [0.2, 0.25) is 15.9 Å². The quantitative estimate of drug-likeness (QED) is 0.718. The van der Waals surface area contributed by atoms with Crippen molar-refractivity contribution in [3.8, 4) is 0 Å². The largest absolute Gasteiger partial charge is 0.340 e. The summed E-state index contributed by atoms with van der Waals surface area (Å²) in [5, 5.41) is 0.500. The highest BCUT2D eigenvalue weighted by molar-refractivity contribution is 7.89. The van der Waals surface area contributed by atoms with Crippen molar-refractivity contribution in [1.82, 2.24) is 9.21 Å². The molecule has 0 aliphatic carbocycles. The lowest BCUT2D eigenvalue weighted by Gasteiger charge is -2.34. The Morgan fingerprint density at radius 3 is 2.18 bits per heavy atom. The SMILES string of the molecule is Cc1ccc(CCCC(=O)N2CCN(S(=O)(=O)c3ccc(Cl)cc3)CC2)cc1. The predicted molar refractivity (Wildman–Crippen MR) is 111 cm³/mol. The number of carbonyl (C=O) groups is 1. The standard InChI is InChI=1S/C21H25ClN2O3S/c1-17-5-7-18(8-6-17)3-2-4-21(25)23-13-15-24(16-14-23)28(26,27)20-11-9-19(22)10-12-20/h5-12H,2-4,13-16H2,1H3. The second-order valence-electron chi connectivity index (χ2n) is 7.08. The number of amides is 1. The molecule has 1 amide bonds. The zero-order chi connectivity index (χ0) is 20.1. The maximum atomic E-state index is 12.7. The average Bonchev–Trinajstić information content (AvgIpc) is 2.70. The van der Waals surface area contributed by atoms with Gasteiger partial charge in [0.1, 0.15) is 0 Å². The van der Waals surface area contributed by atoms with Gasteiger partial charge in [-0.15, -0.1) is 0 Å². The second-order valence-corrected chi connectivity index (χ2v) is 9.45. The van der Waals surface area contributed by atoms with E-state index in [1.54, 1.807) is 17.0 Å². The second kappa shape index (κ2) is 9.07. The molecule has 0 unspecified atom stereocenters. The molecule has 0 N–H and O–H groups in total. The number of benzene rings is 2. The first-order valence-electron chi connectivity index (χ1n) is 9.45. The van der Waals surface area contributed by atoms with Crippen molar-refractivity contribution < 1.29 is 13.2 Å². The fourth-order valence-electron chi connectivity index (χ4n) is 3.29. The Morgan fingerprint density at radius 2 is 1.57 bits per heavy atom. The molecule has 0 atom stereocenters. The number of halogens is 1. The number of nitrogens with zero attached hydrogens (tertiary/aromatic N) is 2.